The highest BCUT2D eigenvalue weighted by Crippen LogP contribution is 2.48. The van der Waals surface area contributed by atoms with E-state index in [0.717, 1.165) is 5.39 Å². The molecule has 4 aromatic rings. The Morgan fingerprint density at radius 2 is 1.15 bits per heavy atom. The van der Waals surface area contributed by atoms with E-state index in [9.17, 15) is 30.4 Å². The average Bonchev–Trinajstić information content (AvgIpc) is 2.82. The number of hydrogen-bond acceptors (Lipinski definition) is 7. The molecule has 1 aliphatic rings. The van der Waals surface area contributed by atoms with Crippen molar-refractivity contribution >= 4 is 22.1 Å². The zero-order chi connectivity index (χ0) is 23.3. The lowest BCUT2D eigenvalue weighted by molar-refractivity contribution is -0.385. The van der Waals surface area contributed by atoms with Gasteiger partial charge < -0.3 is 10.2 Å². The van der Waals surface area contributed by atoms with Crippen molar-refractivity contribution in [3.05, 3.63) is 115 Å². The van der Waals surface area contributed by atoms with Gasteiger partial charge in [0, 0.05) is 35.4 Å². The van der Waals surface area contributed by atoms with E-state index in [2.05, 4.69) is 5.32 Å². The molecular weight excluding hydrogens is 426 g/mol. The molecule has 1 aliphatic heterocycles. The number of non-ortho nitro benzene ring substituents is 2. The first kappa shape index (κ1) is 20.4. The Hall–Kier alpha value is -4.50. The van der Waals surface area contributed by atoms with E-state index in [0.29, 0.717) is 27.6 Å². The number of phenolic OH excluding ortho intramolecular Hbond substituents is 2. The zero-order valence-electron chi connectivity index (χ0n) is 17.0. The fraction of sp³-hybridized carbons (Fsp3) is 0.0833. The molecule has 1 heterocycles. The van der Waals surface area contributed by atoms with Gasteiger partial charge in [0.25, 0.3) is 11.4 Å². The topological polar surface area (TPSA) is 139 Å². The molecule has 0 saturated heterocycles. The molecule has 3 N–H and O–H groups in total. The van der Waals surface area contributed by atoms with E-state index in [1.54, 1.807) is 36.4 Å². The number of hydrogen-bond donors (Lipinski definition) is 3. The molecule has 2 atom stereocenters. The lowest BCUT2D eigenvalue weighted by Crippen LogP contribution is -2.32. The van der Waals surface area contributed by atoms with E-state index in [4.69, 9.17) is 0 Å². The first-order valence-corrected chi connectivity index (χ1v) is 10.1. The average molecular weight is 443 g/mol. The molecule has 2 unspecified atom stereocenters. The summed E-state index contributed by atoms with van der Waals surface area (Å²) in [6.45, 7) is 0. The maximum absolute atomic E-state index is 11.4. The monoisotopic (exact) mass is 443 g/mol. The van der Waals surface area contributed by atoms with Crippen LogP contribution in [-0.4, -0.2) is 20.1 Å². The van der Waals surface area contributed by atoms with Gasteiger partial charge in [-0.15, -0.1) is 0 Å². The van der Waals surface area contributed by atoms with Gasteiger partial charge >= 0.3 is 0 Å². The van der Waals surface area contributed by atoms with Crippen LogP contribution in [-0.2, 0) is 0 Å². The lowest BCUT2D eigenvalue weighted by atomic mass is 9.81. The van der Waals surface area contributed by atoms with E-state index in [-0.39, 0.29) is 22.9 Å². The van der Waals surface area contributed by atoms with Crippen LogP contribution < -0.4 is 5.32 Å². The number of benzene rings is 4. The number of aromatic hydroxyl groups is 2. The van der Waals surface area contributed by atoms with Crippen molar-refractivity contribution < 1.29 is 20.1 Å². The summed E-state index contributed by atoms with van der Waals surface area (Å²) in [5.41, 5.74) is 1.82. The SMILES string of the molecule is O=[N+]([O-])c1cccc(C2NC(c3cccc([N+](=O)[O-])c3)c3c(O)ccc4ccc(O)c2c34)c1. The van der Waals surface area contributed by atoms with E-state index < -0.39 is 21.9 Å². The maximum atomic E-state index is 11.4. The molecule has 0 saturated carbocycles. The van der Waals surface area contributed by atoms with E-state index in [1.165, 1.54) is 36.4 Å². The minimum atomic E-state index is -0.674. The van der Waals surface area contributed by atoms with E-state index in [1.807, 2.05) is 0 Å². The van der Waals surface area contributed by atoms with Gasteiger partial charge in [-0.1, -0.05) is 36.4 Å². The second kappa shape index (κ2) is 7.57. The van der Waals surface area contributed by atoms with Gasteiger partial charge in [-0.3, -0.25) is 25.5 Å². The number of phenols is 2. The summed E-state index contributed by atoms with van der Waals surface area (Å²) in [5.74, 6) is -0.0632. The summed E-state index contributed by atoms with van der Waals surface area (Å²) >= 11 is 0. The zero-order valence-corrected chi connectivity index (χ0v) is 17.0. The first-order chi connectivity index (χ1) is 15.8. The molecule has 0 spiro atoms. The molecule has 0 aromatic heterocycles. The Labute approximate surface area is 186 Å². The largest absolute Gasteiger partial charge is 0.508 e. The highest BCUT2D eigenvalue weighted by atomic mass is 16.6. The molecule has 9 nitrogen and oxygen atoms in total. The summed E-state index contributed by atoms with van der Waals surface area (Å²) in [7, 11) is 0. The van der Waals surface area contributed by atoms with Crippen molar-refractivity contribution in [1.82, 2.24) is 5.32 Å². The Morgan fingerprint density at radius 3 is 1.58 bits per heavy atom. The molecule has 0 amide bonds. The van der Waals surface area contributed by atoms with Crippen LogP contribution >= 0.6 is 0 Å². The molecule has 9 heteroatoms. The molecule has 0 fully saturated rings. The second-order valence-corrected chi connectivity index (χ2v) is 7.83. The first-order valence-electron chi connectivity index (χ1n) is 10.1. The van der Waals surface area contributed by atoms with Gasteiger partial charge in [0.1, 0.15) is 11.5 Å². The second-order valence-electron chi connectivity index (χ2n) is 7.83. The molecular formula is C24H17N3O6. The van der Waals surface area contributed by atoms with Crippen LogP contribution in [0.1, 0.15) is 34.3 Å². The highest BCUT2D eigenvalue weighted by Gasteiger charge is 2.35. The van der Waals surface area contributed by atoms with E-state index >= 15 is 0 Å². The third-order valence-electron chi connectivity index (χ3n) is 5.96. The summed E-state index contributed by atoms with van der Waals surface area (Å²) in [6.07, 6.45) is 0. The van der Waals surface area contributed by atoms with Crippen LogP contribution in [0, 0.1) is 20.2 Å². The summed E-state index contributed by atoms with van der Waals surface area (Å²) in [5, 5.41) is 49.0. The standard InChI is InChI=1S/C24H17N3O6/c28-18-9-7-13-8-10-19(29)22-20(13)21(18)23(14-3-1-5-16(11-14)26(30)31)25-24(22)15-4-2-6-17(12-15)27(32)33/h1-12,23-25,28-29H. The fourth-order valence-electron chi connectivity index (χ4n) is 4.53. The van der Waals surface area contributed by atoms with Crippen LogP contribution in [0.2, 0.25) is 0 Å². The van der Waals surface area contributed by atoms with Crippen molar-refractivity contribution in [2.45, 2.75) is 12.1 Å². The third-order valence-corrected chi connectivity index (χ3v) is 5.96. The predicted molar refractivity (Wildman–Crippen MR) is 120 cm³/mol. The smallest absolute Gasteiger partial charge is 0.269 e. The van der Waals surface area contributed by atoms with Crippen molar-refractivity contribution in [1.29, 1.82) is 0 Å². The fourth-order valence-corrected chi connectivity index (χ4v) is 4.53. The molecule has 5 rings (SSSR count). The quantitative estimate of drug-likeness (QED) is 0.303. The number of nitro benzene ring substituents is 2. The van der Waals surface area contributed by atoms with Gasteiger partial charge in [-0.25, -0.2) is 0 Å². The number of nitrogens with zero attached hydrogens (tertiary/aromatic N) is 2. The van der Waals surface area contributed by atoms with Crippen LogP contribution in [0.4, 0.5) is 11.4 Å². The number of rotatable bonds is 4. The van der Waals surface area contributed by atoms with Crippen LogP contribution in [0.3, 0.4) is 0 Å². The van der Waals surface area contributed by atoms with Crippen LogP contribution in [0.5, 0.6) is 11.5 Å². The minimum absolute atomic E-state index is 0.0316. The summed E-state index contributed by atoms with van der Waals surface area (Å²) in [4.78, 5) is 21.7. The number of nitro groups is 2. The summed E-state index contributed by atoms with van der Waals surface area (Å²) < 4.78 is 0. The Bertz CT molecular complexity index is 1350. The van der Waals surface area contributed by atoms with Gasteiger partial charge in [0.2, 0.25) is 0 Å². The van der Waals surface area contributed by atoms with Crippen molar-refractivity contribution in [3.63, 3.8) is 0 Å². The third kappa shape index (κ3) is 3.31. The predicted octanol–water partition coefficient (Wildman–Crippen LogP) is 4.85. The normalized spacial score (nSPS) is 17.1. The van der Waals surface area contributed by atoms with Gasteiger partial charge in [-0.05, 0) is 34.0 Å². The van der Waals surface area contributed by atoms with Gasteiger partial charge in [0.05, 0.1) is 21.9 Å². The summed E-state index contributed by atoms with van der Waals surface area (Å²) in [6, 6.07) is 17.3. The van der Waals surface area contributed by atoms with Gasteiger partial charge in [-0.2, -0.15) is 0 Å². The molecule has 33 heavy (non-hydrogen) atoms. The van der Waals surface area contributed by atoms with Crippen LogP contribution in [0.15, 0.2) is 72.8 Å². The maximum Gasteiger partial charge on any atom is 0.269 e. The lowest BCUT2D eigenvalue weighted by Gasteiger charge is -2.35. The van der Waals surface area contributed by atoms with Gasteiger partial charge in [0.15, 0.2) is 0 Å². The highest BCUT2D eigenvalue weighted by molar-refractivity contribution is 5.95. The molecule has 164 valence electrons. The van der Waals surface area contributed by atoms with Crippen molar-refractivity contribution in [2.24, 2.45) is 0 Å². The Kier molecular flexibility index (Phi) is 4.68. The van der Waals surface area contributed by atoms with Crippen molar-refractivity contribution in [3.8, 4) is 11.5 Å². The Balaban J connectivity index is 1.81. The van der Waals surface area contributed by atoms with Crippen LogP contribution in [0.25, 0.3) is 10.8 Å². The molecule has 0 bridgehead atoms. The number of nitrogens with one attached hydrogen (secondary N) is 1. The van der Waals surface area contributed by atoms with Crippen molar-refractivity contribution in [2.75, 3.05) is 0 Å². The molecule has 0 radical (unpaired) electrons. The molecule has 0 aliphatic carbocycles. The molecule has 4 aromatic carbocycles. The minimum Gasteiger partial charge on any atom is -0.508 e. The Morgan fingerprint density at radius 1 is 0.697 bits per heavy atom.